The fraction of sp³-hybridized carbons (Fsp3) is 0.400. The summed E-state index contributed by atoms with van der Waals surface area (Å²) in [4.78, 5) is 0.703. The van der Waals surface area contributed by atoms with Crippen molar-refractivity contribution in [2.24, 2.45) is 7.05 Å². The molecule has 0 amide bonds. The number of benzene rings is 1. The Balaban J connectivity index is 1.96. The molecule has 1 heterocycles. The second-order valence-electron chi connectivity index (χ2n) is 4.83. The van der Waals surface area contributed by atoms with Gasteiger partial charge in [0, 0.05) is 35.9 Å². The first-order chi connectivity index (χ1) is 9.60. The lowest BCUT2D eigenvalue weighted by atomic mass is 10.2. The van der Waals surface area contributed by atoms with E-state index in [1.54, 1.807) is 17.8 Å². The van der Waals surface area contributed by atoms with Gasteiger partial charge >= 0.3 is 0 Å². The zero-order chi connectivity index (χ0) is 14.5. The predicted octanol–water partition coefficient (Wildman–Crippen LogP) is 2.79. The van der Waals surface area contributed by atoms with E-state index < -0.39 is 0 Å². The highest BCUT2D eigenvalue weighted by molar-refractivity contribution is 7.99. The third-order valence-corrected chi connectivity index (χ3v) is 4.45. The molecular weight excluding hydrogens is 273 g/mol. The van der Waals surface area contributed by atoms with Crippen LogP contribution in [0.15, 0.2) is 35.2 Å². The van der Waals surface area contributed by atoms with Gasteiger partial charge in [-0.1, -0.05) is 12.1 Å². The summed E-state index contributed by atoms with van der Waals surface area (Å²) in [5, 5.41) is 7.65. The van der Waals surface area contributed by atoms with Crippen molar-refractivity contribution < 1.29 is 4.39 Å². The number of rotatable bonds is 6. The smallest absolute Gasteiger partial charge is 0.136 e. The molecule has 1 aromatic heterocycles. The average molecular weight is 293 g/mol. The SMILES string of the molecule is CNC(CSc1ccccc1F)Cc1cc(C)nn1C. The van der Waals surface area contributed by atoms with Crippen LogP contribution < -0.4 is 5.32 Å². The van der Waals surface area contributed by atoms with E-state index >= 15 is 0 Å². The summed E-state index contributed by atoms with van der Waals surface area (Å²) in [6.07, 6.45) is 0.884. The third kappa shape index (κ3) is 3.84. The van der Waals surface area contributed by atoms with Crippen molar-refractivity contribution in [3.05, 3.63) is 47.5 Å². The van der Waals surface area contributed by atoms with Crippen LogP contribution in [-0.4, -0.2) is 28.6 Å². The van der Waals surface area contributed by atoms with Gasteiger partial charge in [0.05, 0.1) is 5.69 Å². The summed E-state index contributed by atoms with van der Waals surface area (Å²) in [5.74, 6) is 0.672. The van der Waals surface area contributed by atoms with Crippen molar-refractivity contribution in [3.63, 3.8) is 0 Å². The molecule has 0 bridgehead atoms. The van der Waals surface area contributed by atoms with Crippen molar-refractivity contribution in [2.75, 3.05) is 12.8 Å². The minimum atomic E-state index is -0.149. The van der Waals surface area contributed by atoms with Gasteiger partial charge in [-0.3, -0.25) is 4.68 Å². The molecule has 0 spiro atoms. The third-order valence-electron chi connectivity index (χ3n) is 3.24. The number of aryl methyl sites for hydroxylation is 2. The molecule has 2 rings (SSSR count). The number of halogens is 1. The molecule has 2 aromatic rings. The van der Waals surface area contributed by atoms with Crippen LogP contribution >= 0.6 is 11.8 Å². The molecule has 0 aliphatic rings. The molecule has 0 fully saturated rings. The number of hydrogen-bond acceptors (Lipinski definition) is 3. The molecule has 3 nitrogen and oxygen atoms in total. The molecular formula is C15H20FN3S. The second kappa shape index (κ2) is 6.90. The molecule has 0 saturated heterocycles. The Morgan fingerprint density at radius 3 is 2.75 bits per heavy atom. The first kappa shape index (κ1) is 15.1. The van der Waals surface area contributed by atoms with E-state index in [0.29, 0.717) is 4.90 Å². The predicted molar refractivity (Wildman–Crippen MR) is 81.6 cm³/mol. The Kier molecular flexibility index (Phi) is 5.20. The maximum atomic E-state index is 13.6. The number of thioether (sulfide) groups is 1. The Morgan fingerprint density at radius 2 is 2.15 bits per heavy atom. The van der Waals surface area contributed by atoms with Gasteiger partial charge < -0.3 is 5.32 Å². The largest absolute Gasteiger partial charge is 0.316 e. The average Bonchev–Trinajstić information content (AvgIpc) is 2.74. The minimum Gasteiger partial charge on any atom is -0.316 e. The maximum absolute atomic E-state index is 13.6. The molecule has 0 aliphatic heterocycles. The molecule has 1 N–H and O–H groups in total. The van der Waals surface area contributed by atoms with E-state index in [9.17, 15) is 4.39 Å². The van der Waals surface area contributed by atoms with E-state index in [1.165, 1.54) is 11.8 Å². The molecule has 5 heteroatoms. The molecule has 0 saturated carbocycles. The van der Waals surface area contributed by atoms with E-state index in [0.717, 1.165) is 17.9 Å². The van der Waals surface area contributed by atoms with Gasteiger partial charge in [-0.15, -0.1) is 11.8 Å². The highest BCUT2D eigenvalue weighted by Gasteiger charge is 2.12. The van der Waals surface area contributed by atoms with Gasteiger partial charge in [0.1, 0.15) is 5.82 Å². The Bertz CT molecular complexity index is 568. The number of likely N-dealkylation sites (N-methyl/N-ethyl adjacent to an activating group) is 1. The molecule has 0 aliphatic carbocycles. The maximum Gasteiger partial charge on any atom is 0.136 e. The lowest BCUT2D eigenvalue weighted by molar-refractivity contribution is 0.579. The summed E-state index contributed by atoms with van der Waals surface area (Å²) in [7, 11) is 3.90. The highest BCUT2D eigenvalue weighted by atomic mass is 32.2. The van der Waals surface area contributed by atoms with Crippen LogP contribution in [0.3, 0.4) is 0 Å². The van der Waals surface area contributed by atoms with Crippen LogP contribution in [0.4, 0.5) is 4.39 Å². The normalized spacial score (nSPS) is 12.6. The van der Waals surface area contributed by atoms with Crippen LogP contribution in [0.25, 0.3) is 0 Å². The number of nitrogens with one attached hydrogen (secondary N) is 1. The van der Waals surface area contributed by atoms with Gasteiger partial charge in [0.2, 0.25) is 0 Å². The van der Waals surface area contributed by atoms with Crippen LogP contribution in [0.5, 0.6) is 0 Å². The molecule has 1 atom stereocenters. The zero-order valence-corrected chi connectivity index (χ0v) is 12.9. The first-order valence-electron chi connectivity index (χ1n) is 6.64. The Morgan fingerprint density at radius 1 is 1.40 bits per heavy atom. The first-order valence-corrected chi connectivity index (χ1v) is 7.63. The lowest BCUT2D eigenvalue weighted by Crippen LogP contribution is -2.30. The van der Waals surface area contributed by atoms with Crippen LogP contribution in [0, 0.1) is 12.7 Å². The summed E-state index contributed by atoms with van der Waals surface area (Å²) in [5.41, 5.74) is 2.22. The summed E-state index contributed by atoms with van der Waals surface area (Å²) in [6, 6.07) is 9.28. The molecule has 1 unspecified atom stereocenters. The second-order valence-corrected chi connectivity index (χ2v) is 5.89. The fourth-order valence-electron chi connectivity index (χ4n) is 2.10. The van der Waals surface area contributed by atoms with Crippen LogP contribution in [0.2, 0.25) is 0 Å². The zero-order valence-electron chi connectivity index (χ0n) is 12.1. The summed E-state index contributed by atoms with van der Waals surface area (Å²) in [6.45, 7) is 1.99. The monoisotopic (exact) mass is 293 g/mol. The van der Waals surface area contributed by atoms with E-state index in [-0.39, 0.29) is 11.9 Å². The molecule has 108 valence electrons. The van der Waals surface area contributed by atoms with Crippen molar-refractivity contribution in [3.8, 4) is 0 Å². The van der Waals surface area contributed by atoms with Crippen LogP contribution in [-0.2, 0) is 13.5 Å². The van der Waals surface area contributed by atoms with Crippen molar-refractivity contribution in [1.82, 2.24) is 15.1 Å². The standard InChI is InChI=1S/C15H20FN3S/c1-11-8-13(19(3)18-11)9-12(17-2)10-20-15-7-5-4-6-14(15)16/h4-8,12,17H,9-10H2,1-3H3. The fourth-order valence-corrected chi connectivity index (χ4v) is 3.15. The van der Waals surface area contributed by atoms with E-state index in [1.807, 2.05) is 37.8 Å². The highest BCUT2D eigenvalue weighted by Crippen LogP contribution is 2.22. The van der Waals surface area contributed by atoms with Gasteiger partial charge in [-0.2, -0.15) is 5.10 Å². The van der Waals surface area contributed by atoms with Crippen LogP contribution in [0.1, 0.15) is 11.4 Å². The Hall–Kier alpha value is -1.33. The van der Waals surface area contributed by atoms with Crippen molar-refractivity contribution >= 4 is 11.8 Å². The summed E-state index contributed by atoms with van der Waals surface area (Å²) < 4.78 is 15.5. The van der Waals surface area contributed by atoms with Gasteiger partial charge in [0.25, 0.3) is 0 Å². The van der Waals surface area contributed by atoms with Gasteiger partial charge in [-0.05, 0) is 32.2 Å². The van der Waals surface area contributed by atoms with Crippen molar-refractivity contribution in [1.29, 1.82) is 0 Å². The molecule has 20 heavy (non-hydrogen) atoms. The number of aromatic nitrogens is 2. The quantitative estimate of drug-likeness (QED) is 0.831. The molecule has 0 radical (unpaired) electrons. The Labute approximate surface area is 123 Å². The summed E-state index contributed by atoms with van der Waals surface area (Å²) >= 11 is 1.54. The topological polar surface area (TPSA) is 29.9 Å². The molecule has 1 aromatic carbocycles. The van der Waals surface area contributed by atoms with E-state index in [4.69, 9.17) is 0 Å². The lowest BCUT2D eigenvalue weighted by Gasteiger charge is -2.16. The minimum absolute atomic E-state index is 0.149. The number of hydrogen-bond donors (Lipinski definition) is 1. The van der Waals surface area contributed by atoms with E-state index in [2.05, 4.69) is 16.5 Å². The number of nitrogens with zero attached hydrogens (tertiary/aromatic N) is 2. The van der Waals surface area contributed by atoms with Crippen molar-refractivity contribution in [2.45, 2.75) is 24.3 Å². The van der Waals surface area contributed by atoms with Gasteiger partial charge in [0.15, 0.2) is 0 Å². The van der Waals surface area contributed by atoms with Gasteiger partial charge in [-0.25, -0.2) is 4.39 Å².